The minimum Gasteiger partial charge on any atom is -0.465 e. The first kappa shape index (κ1) is 21.0. The molecule has 8 nitrogen and oxygen atoms in total. The summed E-state index contributed by atoms with van der Waals surface area (Å²) in [5, 5.41) is 3.08. The normalized spacial score (nSPS) is 13.6. The van der Waals surface area contributed by atoms with Crippen LogP contribution in [0.15, 0.2) is 29.2 Å². The zero-order chi connectivity index (χ0) is 21.3. The number of sulfone groups is 1. The summed E-state index contributed by atoms with van der Waals surface area (Å²) in [4.78, 5) is 39.3. The highest BCUT2D eigenvalue weighted by atomic mass is 32.2. The van der Waals surface area contributed by atoms with E-state index in [1.165, 1.54) is 49.6 Å². The molecule has 29 heavy (non-hydrogen) atoms. The topological polar surface area (TPSA) is 110 Å². The third-order valence-corrected chi connectivity index (χ3v) is 6.92. The van der Waals surface area contributed by atoms with E-state index in [-0.39, 0.29) is 16.4 Å². The predicted octanol–water partition coefficient (Wildman–Crippen LogP) is 2.10. The summed E-state index contributed by atoms with van der Waals surface area (Å²) >= 11 is 1.23. The molecule has 1 aromatic carbocycles. The highest BCUT2D eigenvalue weighted by Crippen LogP contribution is 2.38. The van der Waals surface area contributed by atoms with Crippen LogP contribution in [0.5, 0.6) is 0 Å². The molecule has 0 bridgehead atoms. The predicted molar refractivity (Wildman–Crippen MR) is 108 cm³/mol. The molecule has 0 radical (unpaired) electrons. The van der Waals surface area contributed by atoms with Gasteiger partial charge in [-0.15, -0.1) is 11.3 Å². The maximum atomic E-state index is 12.7. The van der Waals surface area contributed by atoms with Crippen molar-refractivity contribution in [2.45, 2.75) is 24.8 Å². The molecule has 1 N–H and O–H groups in total. The minimum atomic E-state index is -3.36. The Balaban J connectivity index is 1.91. The Kier molecular flexibility index (Phi) is 5.76. The van der Waals surface area contributed by atoms with Crippen molar-refractivity contribution in [3.05, 3.63) is 45.8 Å². The number of anilines is 1. The smallest absolute Gasteiger partial charge is 0.341 e. The van der Waals surface area contributed by atoms with Gasteiger partial charge in [0.1, 0.15) is 5.00 Å². The van der Waals surface area contributed by atoms with Crippen LogP contribution in [0, 0.1) is 0 Å². The van der Waals surface area contributed by atoms with Gasteiger partial charge in [-0.05, 0) is 36.2 Å². The van der Waals surface area contributed by atoms with E-state index < -0.39 is 21.7 Å². The van der Waals surface area contributed by atoms with E-state index in [4.69, 9.17) is 4.74 Å². The van der Waals surface area contributed by atoms with Crippen LogP contribution in [0.3, 0.4) is 0 Å². The van der Waals surface area contributed by atoms with E-state index in [9.17, 15) is 22.8 Å². The molecule has 1 aromatic heterocycles. The van der Waals surface area contributed by atoms with E-state index in [1.807, 2.05) is 0 Å². The van der Waals surface area contributed by atoms with Crippen molar-refractivity contribution < 1.29 is 27.5 Å². The van der Waals surface area contributed by atoms with E-state index in [2.05, 4.69) is 5.32 Å². The third-order valence-electron chi connectivity index (χ3n) is 4.66. The maximum Gasteiger partial charge on any atom is 0.341 e. The standard InChI is InChI=1S/C19H20N2O6S2/c1-11(22)21-9-8-14-15(10-21)28-18(16(14)19(24)27-2)20-17(23)12-4-6-13(7-5-12)29(3,25)26/h4-7H,8-10H2,1-3H3,(H,20,23). The molecule has 2 aromatic rings. The summed E-state index contributed by atoms with van der Waals surface area (Å²) in [6.45, 7) is 2.35. The first-order chi connectivity index (χ1) is 13.6. The second-order valence-electron chi connectivity index (χ2n) is 6.64. The monoisotopic (exact) mass is 436 g/mol. The number of carbonyl (C=O) groups is 3. The maximum absolute atomic E-state index is 12.7. The highest BCUT2D eigenvalue weighted by molar-refractivity contribution is 7.90. The molecule has 0 saturated carbocycles. The Morgan fingerprint density at radius 3 is 2.38 bits per heavy atom. The summed E-state index contributed by atoms with van der Waals surface area (Å²) in [7, 11) is -2.09. The average Bonchev–Trinajstić information content (AvgIpc) is 3.03. The van der Waals surface area contributed by atoms with Gasteiger partial charge in [-0.2, -0.15) is 0 Å². The summed E-state index contributed by atoms with van der Waals surface area (Å²) in [5.74, 6) is -1.08. The molecule has 0 saturated heterocycles. The van der Waals surface area contributed by atoms with Crippen LogP contribution in [0.25, 0.3) is 0 Å². The first-order valence-corrected chi connectivity index (χ1v) is 11.4. The van der Waals surface area contributed by atoms with Gasteiger partial charge in [-0.3, -0.25) is 9.59 Å². The highest BCUT2D eigenvalue weighted by Gasteiger charge is 2.30. The molecule has 1 aliphatic heterocycles. The van der Waals surface area contributed by atoms with Crippen molar-refractivity contribution in [2.24, 2.45) is 0 Å². The number of esters is 1. The molecule has 0 atom stereocenters. The van der Waals surface area contributed by atoms with Crippen LogP contribution < -0.4 is 5.32 Å². The number of fused-ring (bicyclic) bond motifs is 1. The van der Waals surface area contributed by atoms with E-state index in [1.54, 1.807) is 4.90 Å². The molecule has 0 fully saturated rings. The molecular weight excluding hydrogens is 416 g/mol. The fourth-order valence-corrected chi connectivity index (χ4v) is 4.98. The number of rotatable bonds is 4. The Bertz CT molecular complexity index is 1090. The number of nitrogens with zero attached hydrogens (tertiary/aromatic N) is 1. The lowest BCUT2D eigenvalue weighted by Crippen LogP contribution is -2.33. The fourth-order valence-electron chi connectivity index (χ4n) is 3.11. The van der Waals surface area contributed by atoms with Crippen LogP contribution in [0.2, 0.25) is 0 Å². The molecule has 0 spiro atoms. The second kappa shape index (κ2) is 7.96. The lowest BCUT2D eigenvalue weighted by Gasteiger charge is -2.25. The zero-order valence-corrected chi connectivity index (χ0v) is 17.8. The number of hydrogen-bond donors (Lipinski definition) is 1. The van der Waals surface area contributed by atoms with Gasteiger partial charge in [0.25, 0.3) is 5.91 Å². The van der Waals surface area contributed by atoms with Gasteiger partial charge in [0.2, 0.25) is 5.91 Å². The Morgan fingerprint density at radius 2 is 1.83 bits per heavy atom. The molecular formula is C19H20N2O6S2. The van der Waals surface area contributed by atoms with Crippen molar-refractivity contribution in [3.8, 4) is 0 Å². The van der Waals surface area contributed by atoms with Crippen molar-refractivity contribution in [3.63, 3.8) is 0 Å². The van der Waals surface area contributed by atoms with Gasteiger partial charge in [0, 0.05) is 30.2 Å². The minimum absolute atomic E-state index is 0.0554. The molecule has 0 unspecified atom stereocenters. The van der Waals surface area contributed by atoms with Gasteiger partial charge in [-0.25, -0.2) is 13.2 Å². The number of carbonyl (C=O) groups excluding carboxylic acids is 3. The number of amides is 2. The van der Waals surface area contributed by atoms with Gasteiger partial charge < -0.3 is 15.0 Å². The number of thiophene rings is 1. The second-order valence-corrected chi connectivity index (χ2v) is 9.76. The van der Waals surface area contributed by atoms with Gasteiger partial charge in [0.15, 0.2) is 9.84 Å². The lowest BCUT2D eigenvalue weighted by molar-refractivity contribution is -0.129. The van der Waals surface area contributed by atoms with Crippen LogP contribution in [-0.2, 0) is 32.3 Å². The third kappa shape index (κ3) is 4.33. The van der Waals surface area contributed by atoms with Gasteiger partial charge in [-0.1, -0.05) is 0 Å². The van der Waals surface area contributed by atoms with Crippen LogP contribution in [-0.4, -0.2) is 51.0 Å². The van der Waals surface area contributed by atoms with Crippen molar-refractivity contribution in [1.29, 1.82) is 0 Å². The molecule has 2 amide bonds. The Morgan fingerprint density at radius 1 is 1.17 bits per heavy atom. The number of methoxy groups -OCH3 is 1. The quantitative estimate of drug-likeness (QED) is 0.735. The Hall–Kier alpha value is -2.72. The summed E-state index contributed by atoms with van der Waals surface area (Å²) < 4.78 is 28.0. The first-order valence-electron chi connectivity index (χ1n) is 8.71. The lowest BCUT2D eigenvalue weighted by atomic mass is 10.0. The molecule has 154 valence electrons. The van der Waals surface area contributed by atoms with E-state index in [0.717, 1.165) is 16.7 Å². The molecule has 3 rings (SSSR count). The fraction of sp³-hybridized carbons (Fsp3) is 0.316. The van der Waals surface area contributed by atoms with E-state index >= 15 is 0 Å². The zero-order valence-electron chi connectivity index (χ0n) is 16.1. The van der Waals surface area contributed by atoms with Crippen molar-refractivity contribution >= 4 is 44.0 Å². The Labute approximate surface area is 172 Å². The number of benzene rings is 1. The van der Waals surface area contributed by atoms with Crippen molar-refractivity contribution in [2.75, 3.05) is 25.2 Å². The molecule has 2 heterocycles. The van der Waals surface area contributed by atoms with Crippen LogP contribution >= 0.6 is 11.3 Å². The number of hydrogen-bond acceptors (Lipinski definition) is 7. The SMILES string of the molecule is COC(=O)c1c(NC(=O)c2ccc(S(C)(=O)=O)cc2)sc2c1CCN(C(C)=O)C2. The van der Waals surface area contributed by atoms with Gasteiger partial charge in [0.05, 0.1) is 24.1 Å². The largest absolute Gasteiger partial charge is 0.465 e. The summed E-state index contributed by atoms with van der Waals surface area (Å²) in [5.41, 5.74) is 1.34. The van der Waals surface area contributed by atoms with Crippen LogP contribution in [0.1, 0.15) is 38.1 Å². The molecule has 1 aliphatic rings. The summed E-state index contributed by atoms with van der Waals surface area (Å²) in [6.07, 6.45) is 1.58. The van der Waals surface area contributed by atoms with E-state index in [0.29, 0.717) is 30.1 Å². The van der Waals surface area contributed by atoms with Crippen molar-refractivity contribution in [1.82, 2.24) is 4.90 Å². The number of ether oxygens (including phenoxy) is 1. The average molecular weight is 437 g/mol. The molecule has 10 heteroatoms. The number of nitrogens with one attached hydrogen (secondary N) is 1. The summed E-state index contributed by atoms with van der Waals surface area (Å²) in [6, 6.07) is 5.54. The van der Waals surface area contributed by atoms with Gasteiger partial charge >= 0.3 is 5.97 Å². The molecule has 0 aliphatic carbocycles. The van der Waals surface area contributed by atoms with Crippen LogP contribution in [0.4, 0.5) is 5.00 Å².